The van der Waals surface area contributed by atoms with Gasteiger partial charge in [0.15, 0.2) is 0 Å². The van der Waals surface area contributed by atoms with Gasteiger partial charge < -0.3 is 15.2 Å². The summed E-state index contributed by atoms with van der Waals surface area (Å²) in [7, 11) is 0. The number of aliphatic hydroxyl groups excluding tert-OH is 1. The van der Waals surface area contributed by atoms with E-state index in [4.69, 9.17) is 4.74 Å². The van der Waals surface area contributed by atoms with Crippen molar-refractivity contribution in [1.29, 1.82) is 0 Å². The van der Waals surface area contributed by atoms with Crippen molar-refractivity contribution in [2.75, 3.05) is 6.61 Å². The Balaban J connectivity index is 2.75. The van der Waals surface area contributed by atoms with E-state index < -0.39 is 18.1 Å². The molecule has 0 saturated carbocycles. The fourth-order valence-electron chi connectivity index (χ4n) is 1.56. The zero-order chi connectivity index (χ0) is 13.5. The number of hydrogen-bond donors (Lipinski definition) is 2. The van der Waals surface area contributed by atoms with Crippen LogP contribution in [0.15, 0.2) is 30.3 Å². The van der Waals surface area contributed by atoms with Crippen LogP contribution in [0.4, 0.5) is 0 Å². The van der Waals surface area contributed by atoms with Gasteiger partial charge in [-0.3, -0.25) is 9.59 Å². The van der Waals surface area contributed by atoms with Crippen molar-refractivity contribution in [3.8, 4) is 0 Å². The van der Waals surface area contributed by atoms with E-state index in [1.165, 1.54) is 13.8 Å². The van der Waals surface area contributed by atoms with E-state index in [0.717, 1.165) is 0 Å². The number of amides is 1. The molecule has 1 rings (SSSR count). The van der Waals surface area contributed by atoms with Crippen molar-refractivity contribution >= 4 is 11.9 Å². The van der Waals surface area contributed by atoms with Gasteiger partial charge in [0, 0.05) is 13.8 Å². The second kappa shape index (κ2) is 6.76. The maximum absolute atomic E-state index is 11.1. The van der Waals surface area contributed by atoms with Gasteiger partial charge in [-0.25, -0.2) is 0 Å². The number of nitrogens with one attached hydrogen (secondary N) is 1. The van der Waals surface area contributed by atoms with Gasteiger partial charge in [0.1, 0.15) is 12.7 Å². The molecule has 5 nitrogen and oxygen atoms in total. The third-order valence-corrected chi connectivity index (χ3v) is 2.38. The van der Waals surface area contributed by atoms with Crippen LogP contribution in [0, 0.1) is 0 Å². The van der Waals surface area contributed by atoms with Crippen LogP contribution in [0.3, 0.4) is 0 Å². The minimum absolute atomic E-state index is 0.0645. The summed E-state index contributed by atoms with van der Waals surface area (Å²) in [4.78, 5) is 21.8. The average molecular weight is 251 g/mol. The highest BCUT2D eigenvalue weighted by Gasteiger charge is 2.22. The number of ether oxygens (including phenoxy) is 1. The molecule has 0 bridgehead atoms. The quantitative estimate of drug-likeness (QED) is 0.759. The number of esters is 1. The van der Waals surface area contributed by atoms with Gasteiger partial charge in [-0.1, -0.05) is 30.3 Å². The smallest absolute Gasteiger partial charge is 0.302 e. The molecule has 98 valence electrons. The van der Waals surface area contributed by atoms with Crippen molar-refractivity contribution in [2.24, 2.45) is 0 Å². The van der Waals surface area contributed by atoms with Crippen LogP contribution >= 0.6 is 0 Å². The van der Waals surface area contributed by atoms with Gasteiger partial charge >= 0.3 is 5.97 Å². The largest absolute Gasteiger partial charge is 0.464 e. The number of carbonyl (C=O) groups is 2. The van der Waals surface area contributed by atoms with Crippen LogP contribution in [0.5, 0.6) is 0 Å². The van der Waals surface area contributed by atoms with Crippen LogP contribution in [0.1, 0.15) is 25.5 Å². The number of hydrogen-bond acceptors (Lipinski definition) is 4. The fourth-order valence-corrected chi connectivity index (χ4v) is 1.56. The lowest BCUT2D eigenvalue weighted by Crippen LogP contribution is -2.41. The Labute approximate surface area is 106 Å². The van der Waals surface area contributed by atoms with Crippen molar-refractivity contribution in [2.45, 2.75) is 26.0 Å². The predicted octanol–water partition coefficient (Wildman–Crippen LogP) is 0.788. The molecule has 0 fully saturated rings. The van der Waals surface area contributed by atoms with Crippen LogP contribution < -0.4 is 5.32 Å². The third kappa shape index (κ3) is 4.55. The van der Waals surface area contributed by atoms with Gasteiger partial charge in [-0.15, -0.1) is 0 Å². The predicted molar refractivity (Wildman–Crippen MR) is 65.6 cm³/mol. The standard InChI is InChI=1S/C13H17NO4/c1-9(15)14-12(8-18-10(2)16)13(17)11-6-4-3-5-7-11/h3-7,12-13,17H,8H2,1-2H3,(H,14,15)/t12-,13+/m0/s1. The molecule has 0 aliphatic carbocycles. The van der Waals surface area contributed by atoms with Gasteiger partial charge in [-0.05, 0) is 5.56 Å². The molecule has 0 saturated heterocycles. The second-order valence-corrected chi connectivity index (χ2v) is 3.97. The number of benzene rings is 1. The molecule has 5 heteroatoms. The summed E-state index contributed by atoms with van der Waals surface area (Å²) in [6.07, 6.45) is -0.922. The molecule has 0 aliphatic heterocycles. The van der Waals surface area contributed by atoms with Crippen molar-refractivity contribution < 1.29 is 19.4 Å². The monoisotopic (exact) mass is 251 g/mol. The molecule has 2 atom stereocenters. The molecule has 2 N–H and O–H groups in total. The van der Waals surface area contributed by atoms with Crippen molar-refractivity contribution in [3.63, 3.8) is 0 Å². The summed E-state index contributed by atoms with van der Waals surface area (Å²) in [6.45, 7) is 2.56. The summed E-state index contributed by atoms with van der Waals surface area (Å²) in [6, 6.07) is 8.23. The minimum atomic E-state index is -0.922. The summed E-state index contributed by atoms with van der Waals surface area (Å²) < 4.78 is 4.83. The molecule has 1 aromatic rings. The first kappa shape index (κ1) is 14.2. The Hall–Kier alpha value is -1.88. The van der Waals surface area contributed by atoms with Crippen LogP contribution in [-0.2, 0) is 14.3 Å². The minimum Gasteiger partial charge on any atom is -0.464 e. The molecular weight excluding hydrogens is 234 g/mol. The molecule has 0 aromatic heterocycles. The highest BCUT2D eigenvalue weighted by atomic mass is 16.5. The van der Waals surface area contributed by atoms with Crippen LogP contribution in [0.25, 0.3) is 0 Å². The van der Waals surface area contributed by atoms with Crippen molar-refractivity contribution in [1.82, 2.24) is 5.32 Å². The number of rotatable bonds is 5. The Bertz CT molecular complexity index is 405. The highest BCUT2D eigenvalue weighted by molar-refractivity contribution is 5.73. The van der Waals surface area contributed by atoms with E-state index in [1.54, 1.807) is 24.3 Å². The Morgan fingerprint density at radius 1 is 1.28 bits per heavy atom. The first-order valence-corrected chi connectivity index (χ1v) is 5.64. The lowest BCUT2D eigenvalue weighted by molar-refractivity contribution is -0.143. The third-order valence-electron chi connectivity index (χ3n) is 2.38. The zero-order valence-electron chi connectivity index (χ0n) is 10.4. The Morgan fingerprint density at radius 2 is 1.89 bits per heavy atom. The first-order valence-electron chi connectivity index (χ1n) is 5.64. The maximum atomic E-state index is 11.1. The Kier molecular flexibility index (Phi) is 5.32. The molecular formula is C13H17NO4. The van der Waals surface area contributed by atoms with E-state index in [2.05, 4.69) is 5.32 Å². The number of aliphatic hydroxyl groups is 1. The summed E-state index contributed by atoms with van der Waals surface area (Å²) in [5.41, 5.74) is 0.656. The van der Waals surface area contributed by atoms with E-state index >= 15 is 0 Å². The van der Waals surface area contributed by atoms with E-state index in [0.29, 0.717) is 5.56 Å². The van der Waals surface area contributed by atoms with Gasteiger partial charge in [0.05, 0.1) is 6.04 Å². The summed E-state index contributed by atoms with van der Waals surface area (Å²) in [5, 5.41) is 12.7. The van der Waals surface area contributed by atoms with Crippen molar-refractivity contribution in [3.05, 3.63) is 35.9 Å². The molecule has 0 spiro atoms. The highest BCUT2D eigenvalue weighted by Crippen LogP contribution is 2.16. The number of carbonyl (C=O) groups excluding carboxylic acids is 2. The van der Waals surface area contributed by atoms with Gasteiger partial charge in [0.25, 0.3) is 0 Å². The normalized spacial score (nSPS) is 13.5. The lowest BCUT2D eigenvalue weighted by Gasteiger charge is -2.23. The summed E-state index contributed by atoms with van der Waals surface area (Å²) >= 11 is 0. The first-order chi connectivity index (χ1) is 8.50. The second-order valence-electron chi connectivity index (χ2n) is 3.97. The topological polar surface area (TPSA) is 75.6 Å². The molecule has 0 heterocycles. The SMILES string of the molecule is CC(=O)N[C@@H](COC(C)=O)[C@H](O)c1ccccc1. The average Bonchev–Trinajstić information content (AvgIpc) is 2.34. The molecule has 1 aromatic carbocycles. The molecule has 0 unspecified atom stereocenters. The lowest BCUT2D eigenvalue weighted by atomic mass is 10.0. The molecule has 0 radical (unpaired) electrons. The van der Waals surface area contributed by atoms with E-state index in [1.807, 2.05) is 6.07 Å². The Morgan fingerprint density at radius 3 is 2.39 bits per heavy atom. The zero-order valence-corrected chi connectivity index (χ0v) is 10.4. The molecule has 1 amide bonds. The fraction of sp³-hybridized carbons (Fsp3) is 0.385. The maximum Gasteiger partial charge on any atom is 0.302 e. The van der Waals surface area contributed by atoms with Gasteiger partial charge in [0.2, 0.25) is 5.91 Å². The molecule has 18 heavy (non-hydrogen) atoms. The van der Waals surface area contributed by atoms with Gasteiger partial charge in [-0.2, -0.15) is 0 Å². The van der Waals surface area contributed by atoms with Crippen LogP contribution in [-0.4, -0.2) is 29.6 Å². The molecule has 0 aliphatic rings. The van der Waals surface area contributed by atoms with Crippen LogP contribution in [0.2, 0.25) is 0 Å². The van der Waals surface area contributed by atoms with E-state index in [9.17, 15) is 14.7 Å². The van der Waals surface area contributed by atoms with E-state index in [-0.39, 0.29) is 12.5 Å². The summed E-state index contributed by atoms with van der Waals surface area (Å²) in [5.74, 6) is -0.743.